The highest BCUT2D eigenvalue weighted by Crippen LogP contribution is 2.26. The predicted octanol–water partition coefficient (Wildman–Crippen LogP) is 2.91. The molecule has 30 heavy (non-hydrogen) atoms. The predicted molar refractivity (Wildman–Crippen MR) is 119 cm³/mol. The maximum absolute atomic E-state index is 13.0. The number of anilines is 1. The van der Waals surface area contributed by atoms with E-state index in [1.807, 2.05) is 20.8 Å². The quantitative estimate of drug-likeness (QED) is 0.625. The number of hydrogen-bond donors (Lipinski definition) is 1. The van der Waals surface area contributed by atoms with Gasteiger partial charge in [0.2, 0.25) is 15.9 Å². The van der Waals surface area contributed by atoms with Gasteiger partial charge in [-0.15, -0.1) is 11.3 Å². The van der Waals surface area contributed by atoms with Crippen molar-refractivity contribution in [3.63, 3.8) is 0 Å². The number of carbonyl (C=O) groups is 1. The van der Waals surface area contributed by atoms with Crippen molar-refractivity contribution in [2.24, 2.45) is 0 Å². The van der Waals surface area contributed by atoms with Gasteiger partial charge in [-0.3, -0.25) is 14.2 Å². The molecule has 1 aromatic carbocycles. The van der Waals surface area contributed by atoms with Crippen LogP contribution in [-0.2, 0) is 14.8 Å². The summed E-state index contributed by atoms with van der Waals surface area (Å²) in [4.78, 5) is 32.1. The van der Waals surface area contributed by atoms with E-state index in [9.17, 15) is 18.0 Å². The first-order valence-electron chi connectivity index (χ1n) is 9.38. The van der Waals surface area contributed by atoms with Crippen LogP contribution in [0.1, 0.15) is 29.8 Å². The molecule has 10 heteroatoms. The Labute approximate surface area is 179 Å². The molecule has 0 saturated carbocycles. The van der Waals surface area contributed by atoms with Gasteiger partial charge in [-0.05, 0) is 50.1 Å². The summed E-state index contributed by atoms with van der Waals surface area (Å²) in [5.41, 5.74) is 1.09. The molecule has 2 aromatic heterocycles. The second-order valence-electron chi connectivity index (χ2n) is 7.15. The summed E-state index contributed by atoms with van der Waals surface area (Å²) in [6.45, 7) is 5.64. The fourth-order valence-corrected chi connectivity index (χ4v) is 5.01. The third-order valence-corrected chi connectivity index (χ3v) is 7.98. The lowest BCUT2D eigenvalue weighted by molar-refractivity contribution is -0.119. The van der Waals surface area contributed by atoms with E-state index >= 15 is 0 Å². The van der Waals surface area contributed by atoms with E-state index in [-0.39, 0.29) is 16.4 Å². The van der Waals surface area contributed by atoms with Crippen LogP contribution in [0, 0.1) is 13.8 Å². The number of nitrogens with zero attached hydrogens (tertiary/aromatic N) is 3. The number of nitrogens with one attached hydrogen (secondary N) is 1. The fraction of sp³-hybridized carbons (Fsp3) is 0.350. The van der Waals surface area contributed by atoms with Crippen LogP contribution in [0.3, 0.4) is 0 Å². The fourth-order valence-electron chi connectivity index (χ4n) is 3.13. The molecule has 0 radical (unpaired) electrons. The molecule has 1 amide bonds. The second-order valence-corrected chi connectivity index (χ2v) is 10.5. The van der Waals surface area contributed by atoms with Gasteiger partial charge in [0, 0.05) is 24.7 Å². The number of sulfonamides is 1. The van der Waals surface area contributed by atoms with E-state index in [0.29, 0.717) is 22.3 Å². The lowest BCUT2D eigenvalue weighted by Gasteiger charge is -2.18. The molecule has 0 aliphatic heterocycles. The highest BCUT2D eigenvalue weighted by atomic mass is 32.2. The number of fused-ring (bicyclic) bond motifs is 1. The minimum absolute atomic E-state index is 0.131. The van der Waals surface area contributed by atoms with Gasteiger partial charge in [0.1, 0.15) is 10.9 Å². The van der Waals surface area contributed by atoms with Gasteiger partial charge in [-0.2, -0.15) is 0 Å². The molecule has 0 saturated heterocycles. The van der Waals surface area contributed by atoms with Crippen LogP contribution < -0.4 is 10.9 Å². The molecule has 1 unspecified atom stereocenters. The topological polar surface area (TPSA) is 101 Å². The molecule has 160 valence electrons. The maximum atomic E-state index is 13.0. The van der Waals surface area contributed by atoms with Crippen LogP contribution in [0.5, 0.6) is 0 Å². The summed E-state index contributed by atoms with van der Waals surface area (Å²) >= 11 is 1.46. The Morgan fingerprint density at radius 1 is 1.23 bits per heavy atom. The Morgan fingerprint density at radius 3 is 2.43 bits per heavy atom. The van der Waals surface area contributed by atoms with Crippen LogP contribution in [0.2, 0.25) is 0 Å². The van der Waals surface area contributed by atoms with Crippen LogP contribution in [0.25, 0.3) is 10.2 Å². The number of aryl methyl sites for hydroxylation is 2. The zero-order valence-electron chi connectivity index (χ0n) is 17.5. The zero-order chi connectivity index (χ0) is 22.2. The van der Waals surface area contributed by atoms with Crippen molar-refractivity contribution in [2.75, 3.05) is 19.4 Å². The maximum Gasteiger partial charge on any atom is 0.263 e. The number of carbonyl (C=O) groups excluding carboxylic acids is 1. The van der Waals surface area contributed by atoms with Crippen LogP contribution in [-0.4, -0.2) is 42.3 Å². The third kappa shape index (κ3) is 3.90. The molecule has 0 fully saturated rings. The Kier molecular flexibility index (Phi) is 6.11. The highest BCUT2D eigenvalue weighted by molar-refractivity contribution is 7.89. The largest absolute Gasteiger partial charge is 0.324 e. The number of amides is 1. The summed E-state index contributed by atoms with van der Waals surface area (Å²) in [6, 6.07) is 5.18. The van der Waals surface area contributed by atoms with Gasteiger partial charge in [-0.1, -0.05) is 6.92 Å². The lowest BCUT2D eigenvalue weighted by atomic mass is 10.1. The summed E-state index contributed by atoms with van der Waals surface area (Å²) in [5.74, 6) is -0.367. The van der Waals surface area contributed by atoms with Gasteiger partial charge in [0.15, 0.2) is 0 Å². The number of benzene rings is 1. The van der Waals surface area contributed by atoms with Crippen LogP contribution in [0.4, 0.5) is 5.69 Å². The first kappa shape index (κ1) is 22.1. The third-order valence-electron chi connectivity index (χ3n) is 5.04. The lowest BCUT2D eigenvalue weighted by Crippen LogP contribution is -2.33. The molecule has 3 rings (SSSR count). The Balaban J connectivity index is 1.89. The Morgan fingerprint density at radius 2 is 1.87 bits per heavy atom. The molecule has 1 N–H and O–H groups in total. The van der Waals surface area contributed by atoms with Gasteiger partial charge in [0.25, 0.3) is 5.56 Å². The average molecular weight is 449 g/mol. The SMILES string of the molecule is CCC(C(=O)Nc1ccc(S(=O)(=O)N(C)C)cc1)n1cnc2sc(C)c(C)c2c1=O. The van der Waals surface area contributed by atoms with Crippen molar-refractivity contribution >= 4 is 43.2 Å². The molecular formula is C20H24N4O4S2. The van der Waals surface area contributed by atoms with Crippen LogP contribution in [0.15, 0.2) is 40.3 Å². The molecule has 0 aliphatic carbocycles. The normalized spacial score (nSPS) is 13.0. The smallest absolute Gasteiger partial charge is 0.263 e. The van der Waals surface area contributed by atoms with Crippen molar-refractivity contribution in [1.29, 1.82) is 0 Å². The average Bonchev–Trinajstić information content (AvgIpc) is 2.99. The van der Waals surface area contributed by atoms with Crippen molar-refractivity contribution in [1.82, 2.24) is 13.9 Å². The summed E-state index contributed by atoms with van der Waals surface area (Å²) in [7, 11) is -0.638. The first-order valence-corrected chi connectivity index (χ1v) is 11.6. The van der Waals surface area contributed by atoms with E-state index in [2.05, 4.69) is 10.3 Å². The number of rotatable bonds is 6. The minimum Gasteiger partial charge on any atom is -0.324 e. The van der Waals surface area contributed by atoms with Crippen LogP contribution >= 0.6 is 11.3 Å². The summed E-state index contributed by atoms with van der Waals surface area (Å²) in [6.07, 6.45) is 1.81. The molecule has 0 spiro atoms. The number of thiophene rings is 1. The van der Waals surface area contributed by atoms with Gasteiger partial charge in [-0.25, -0.2) is 17.7 Å². The number of aromatic nitrogens is 2. The van der Waals surface area contributed by atoms with E-state index in [4.69, 9.17) is 0 Å². The summed E-state index contributed by atoms with van der Waals surface area (Å²) < 4.78 is 26.8. The number of hydrogen-bond acceptors (Lipinski definition) is 6. The van der Waals surface area contributed by atoms with E-state index < -0.39 is 16.1 Å². The Bertz CT molecular complexity index is 1260. The summed E-state index contributed by atoms with van der Waals surface area (Å²) in [5, 5.41) is 3.31. The van der Waals surface area contributed by atoms with Gasteiger partial charge >= 0.3 is 0 Å². The van der Waals surface area contributed by atoms with Crippen molar-refractivity contribution in [3.05, 3.63) is 51.4 Å². The Hall–Kier alpha value is -2.56. The van der Waals surface area contributed by atoms with Gasteiger partial charge < -0.3 is 5.32 Å². The molecule has 0 aliphatic rings. The molecule has 1 atom stereocenters. The van der Waals surface area contributed by atoms with E-state index in [0.717, 1.165) is 14.7 Å². The van der Waals surface area contributed by atoms with Crippen molar-refractivity contribution in [3.8, 4) is 0 Å². The monoisotopic (exact) mass is 448 g/mol. The van der Waals surface area contributed by atoms with Gasteiger partial charge in [0.05, 0.1) is 16.6 Å². The van der Waals surface area contributed by atoms with E-state index in [1.54, 1.807) is 0 Å². The molecule has 0 bridgehead atoms. The van der Waals surface area contributed by atoms with Crippen molar-refractivity contribution < 1.29 is 13.2 Å². The minimum atomic E-state index is -3.55. The van der Waals surface area contributed by atoms with Crippen molar-refractivity contribution in [2.45, 2.75) is 38.1 Å². The standard InChI is InChI=1S/C20H24N4O4S2/c1-6-16(24-11-21-19-17(20(24)26)12(2)13(3)29-19)18(25)22-14-7-9-15(10-8-14)30(27,28)23(4)5/h7-11,16H,6H2,1-5H3,(H,22,25). The zero-order valence-corrected chi connectivity index (χ0v) is 19.1. The molecule has 8 nitrogen and oxygen atoms in total. The second kappa shape index (κ2) is 8.29. The molecule has 2 heterocycles. The first-order chi connectivity index (χ1) is 14.1. The van der Waals surface area contributed by atoms with E-state index in [1.165, 1.54) is 60.6 Å². The molecule has 3 aromatic rings. The highest BCUT2D eigenvalue weighted by Gasteiger charge is 2.23. The molecular weight excluding hydrogens is 424 g/mol.